The first-order valence-corrected chi connectivity index (χ1v) is 10.2. The Hall–Kier alpha value is -1.89. The number of benzene rings is 1. The van der Waals surface area contributed by atoms with Crippen LogP contribution in [0.2, 0.25) is 0 Å². The van der Waals surface area contributed by atoms with Gasteiger partial charge in [0.25, 0.3) is 0 Å². The maximum absolute atomic E-state index is 12.4. The fourth-order valence-electron chi connectivity index (χ4n) is 4.28. The fourth-order valence-corrected chi connectivity index (χ4v) is 4.28. The zero-order valence-corrected chi connectivity index (χ0v) is 18.8. The maximum atomic E-state index is 12.4. The number of hydrogen-bond donors (Lipinski definition) is 2. The minimum absolute atomic E-state index is 0. The molecular weight excluding hydrogens is 446 g/mol. The average molecular weight is 474 g/mol. The lowest BCUT2D eigenvalue weighted by atomic mass is 9.93. The van der Waals surface area contributed by atoms with E-state index < -0.39 is 12.7 Å². The van der Waals surface area contributed by atoms with Crippen molar-refractivity contribution in [2.75, 3.05) is 18.4 Å². The number of halogens is 5. The fraction of sp³-hybridized carbons (Fsp3) is 0.391. The molecule has 0 bridgehead atoms. The Labute approximate surface area is 193 Å². The summed E-state index contributed by atoms with van der Waals surface area (Å²) in [5.41, 5.74) is 7.19. The van der Waals surface area contributed by atoms with Crippen LogP contribution >= 0.6 is 24.8 Å². The molecule has 0 aliphatic heterocycles. The van der Waals surface area contributed by atoms with Crippen LogP contribution in [-0.4, -0.2) is 23.7 Å². The second kappa shape index (κ2) is 11.1. The van der Waals surface area contributed by atoms with Gasteiger partial charge in [-0.25, -0.2) is 0 Å². The molecule has 1 aromatic carbocycles. The van der Waals surface area contributed by atoms with Crippen molar-refractivity contribution >= 4 is 36.0 Å². The Morgan fingerprint density at radius 1 is 0.968 bits per heavy atom. The number of aromatic nitrogens is 1. The monoisotopic (exact) mass is 473 g/mol. The van der Waals surface area contributed by atoms with Crippen LogP contribution in [0.3, 0.4) is 0 Å². The zero-order valence-electron chi connectivity index (χ0n) is 17.2. The van der Waals surface area contributed by atoms with Gasteiger partial charge in [0.2, 0.25) is 0 Å². The zero-order chi connectivity index (χ0) is 20.3. The van der Waals surface area contributed by atoms with Crippen molar-refractivity contribution in [3.8, 4) is 0 Å². The standard InChI is InChI=1S/C23H26F3N3.2ClH/c24-23(25,26)16-28-18-7-5-6-17(14-18)15-27-12-11-20-19-8-1-2-9-21(19)29-13-4-3-10-22(20)29;;/h3-7,10,13-14,27-28H,1-2,8-9,11-12,15-16H2;2*1H. The maximum Gasteiger partial charge on any atom is 0.405 e. The molecule has 0 spiro atoms. The van der Waals surface area contributed by atoms with E-state index in [0.29, 0.717) is 12.2 Å². The van der Waals surface area contributed by atoms with Crippen LogP contribution in [0.15, 0.2) is 48.7 Å². The highest BCUT2D eigenvalue weighted by Gasteiger charge is 2.26. The predicted molar refractivity (Wildman–Crippen MR) is 125 cm³/mol. The van der Waals surface area contributed by atoms with Crippen molar-refractivity contribution in [1.29, 1.82) is 0 Å². The van der Waals surface area contributed by atoms with E-state index in [-0.39, 0.29) is 24.8 Å². The average Bonchev–Trinajstić information content (AvgIpc) is 3.04. The van der Waals surface area contributed by atoms with Crippen molar-refractivity contribution in [2.24, 2.45) is 0 Å². The number of nitrogens with one attached hydrogen (secondary N) is 2. The molecule has 2 aromatic heterocycles. The van der Waals surface area contributed by atoms with E-state index in [0.717, 1.165) is 31.4 Å². The number of alkyl halides is 3. The predicted octanol–water partition coefficient (Wildman–Crippen LogP) is 5.97. The molecule has 4 rings (SSSR count). The van der Waals surface area contributed by atoms with Crippen LogP contribution in [0.25, 0.3) is 5.52 Å². The molecule has 0 unspecified atom stereocenters. The van der Waals surface area contributed by atoms with Gasteiger partial charge in [-0.1, -0.05) is 18.2 Å². The van der Waals surface area contributed by atoms with E-state index in [9.17, 15) is 13.2 Å². The smallest absolute Gasteiger partial charge is 0.376 e. The Morgan fingerprint density at radius 3 is 2.58 bits per heavy atom. The third-order valence-electron chi connectivity index (χ3n) is 5.56. The number of hydrogen-bond acceptors (Lipinski definition) is 2. The molecular formula is C23H28Cl2F3N3. The molecule has 0 atom stereocenters. The van der Waals surface area contributed by atoms with Crippen LogP contribution in [0, 0.1) is 0 Å². The van der Waals surface area contributed by atoms with Gasteiger partial charge in [-0.05, 0) is 79.6 Å². The lowest BCUT2D eigenvalue weighted by molar-refractivity contribution is -0.115. The first kappa shape index (κ1) is 25.4. The summed E-state index contributed by atoms with van der Waals surface area (Å²) >= 11 is 0. The number of rotatable bonds is 7. The van der Waals surface area contributed by atoms with Gasteiger partial charge in [-0.2, -0.15) is 13.2 Å². The van der Waals surface area contributed by atoms with E-state index in [2.05, 4.69) is 39.4 Å². The number of pyridine rings is 1. The van der Waals surface area contributed by atoms with Gasteiger partial charge in [-0.15, -0.1) is 24.8 Å². The summed E-state index contributed by atoms with van der Waals surface area (Å²) in [5.74, 6) is 0. The van der Waals surface area contributed by atoms with E-state index in [4.69, 9.17) is 0 Å². The summed E-state index contributed by atoms with van der Waals surface area (Å²) in [6.45, 7) is 0.452. The molecule has 2 N–H and O–H groups in total. The lowest BCUT2D eigenvalue weighted by Gasteiger charge is -2.14. The van der Waals surface area contributed by atoms with Gasteiger partial charge >= 0.3 is 6.18 Å². The molecule has 0 saturated carbocycles. The SMILES string of the molecule is Cl.Cl.FC(F)(F)CNc1cccc(CNCCc2c3c(n4ccccc24)CCCC3)c1. The summed E-state index contributed by atoms with van der Waals surface area (Å²) in [4.78, 5) is 0. The third-order valence-corrected chi connectivity index (χ3v) is 5.56. The van der Waals surface area contributed by atoms with E-state index in [1.165, 1.54) is 35.2 Å². The van der Waals surface area contributed by atoms with E-state index >= 15 is 0 Å². The van der Waals surface area contributed by atoms with Gasteiger partial charge in [0.05, 0.1) is 0 Å². The Morgan fingerprint density at radius 2 is 1.77 bits per heavy atom. The summed E-state index contributed by atoms with van der Waals surface area (Å²) in [5, 5.41) is 5.89. The lowest BCUT2D eigenvalue weighted by Crippen LogP contribution is -2.21. The number of nitrogens with zero attached hydrogens (tertiary/aromatic N) is 1. The third kappa shape index (κ3) is 6.31. The molecule has 0 fully saturated rings. The minimum Gasteiger partial charge on any atom is -0.376 e. The van der Waals surface area contributed by atoms with Crippen molar-refractivity contribution in [1.82, 2.24) is 9.72 Å². The first-order valence-electron chi connectivity index (χ1n) is 10.2. The second-order valence-electron chi connectivity index (χ2n) is 7.66. The van der Waals surface area contributed by atoms with E-state index in [1.54, 1.807) is 18.2 Å². The van der Waals surface area contributed by atoms with Crippen molar-refractivity contribution < 1.29 is 13.2 Å². The minimum atomic E-state index is -4.21. The van der Waals surface area contributed by atoms with Crippen LogP contribution in [0.1, 0.15) is 35.2 Å². The summed E-state index contributed by atoms with van der Waals surface area (Å²) in [7, 11) is 0. The van der Waals surface area contributed by atoms with E-state index in [1.807, 2.05) is 6.07 Å². The molecule has 3 aromatic rings. The Bertz CT molecular complexity index is 986. The van der Waals surface area contributed by atoms with Crippen LogP contribution in [0.4, 0.5) is 18.9 Å². The molecule has 170 valence electrons. The highest BCUT2D eigenvalue weighted by atomic mass is 35.5. The van der Waals surface area contributed by atoms with Crippen molar-refractivity contribution in [3.05, 3.63) is 71.0 Å². The summed E-state index contributed by atoms with van der Waals surface area (Å²) in [6, 6.07) is 13.5. The van der Waals surface area contributed by atoms with Crippen molar-refractivity contribution in [2.45, 2.75) is 44.8 Å². The normalized spacial score (nSPS) is 13.3. The molecule has 8 heteroatoms. The Kier molecular flexibility index (Phi) is 9.10. The second-order valence-corrected chi connectivity index (χ2v) is 7.66. The largest absolute Gasteiger partial charge is 0.405 e. The molecule has 0 radical (unpaired) electrons. The van der Waals surface area contributed by atoms with Crippen molar-refractivity contribution in [3.63, 3.8) is 0 Å². The van der Waals surface area contributed by atoms with Crippen LogP contribution < -0.4 is 10.6 Å². The Balaban J connectivity index is 0.00000171. The van der Waals surface area contributed by atoms with Crippen LogP contribution in [0.5, 0.6) is 0 Å². The van der Waals surface area contributed by atoms with Gasteiger partial charge in [0.15, 0.2) is 0 Å². The number of anilines is 1. The topological polar surface area (TPSA) is 28.5 Å². The summed E-state index contributed by atoms with van der Waals surface area (Å²) < 4.78 is 39.5. The molecule has 1 aliphatic rings. The molecule has 0 saturated heterocycles. The highest BCUT2D eigenvalue weighted by molar-refractivity contribution is 5.85. The number of aryl methyl sites for hydroxylation is 1. The highest BCUT2D eigenvalue weighted by Crippen LogP contribution is 2.30. The molecule has 31 heavy (non-hydrogen) atoms. The van der Waals surface area contributed by atoms with Gasteiger partial charge < -0.3 is 15.0 Å². The van der Waals surface area contributed by atoms with Gasteiger partial charge in [0.1, 0.15) is 6.54 Å². The quantitative estimate of drug-likeness (QED) is 0.413. The molecule has 3 nitrogen and oxygen atoms in total. The molecule has 2 heterocycles. The van der Waals surface area contributed by atoms with Crippen LogP contribution in [-0.2, 0) is 25.8 Å². The molecule has 1 aliphatic carbocycles. The van der Waals surface area contributed by atoms with Gasteiger partial charge in [-0.3, -0.25) is 0 Å². The summed E-state index contributed by atoms with van der Waals surface area (Å²) in [6.07, 6.45) is 3.70. The molecule has 0 amide bonds. The van der Waals surface area contributed by atoms with Gasteiger partial charge in [0, 0.05) is 29.6 Å². The number of fused-ring (bicyclic) bond motifs is 3. The first-order chi connectivity index (χ1) is 14.0.